The Morgan fingerprint density at radius 2 is 2.05 bits per heavy atom. The summed E-state index contributed by atoms with van der Waals surface area (Å²) in [5, 5.41) is 8.08. The van der Waals surface area contributed by atoms with Gasteiger partial charge in [-0.1, -0.05) is 6.07 Å². The summed E-state index contributed by atoms with van der Waals surface area (Å²) in [6.07, 6.45) is 0.0612. The van der Waals surface area contributed by atoms with Crippen LogP contribution in [0.1, 0.15) is 18.9 Å². The third kappa shape index (κ3) is 2.91. The number of benzene rings is 1. The summed E-state index contributed by atoms with van der Waals surface area (Å²) in [5.41, 5.74) is 0.904. The van der Waals surface area contributed by atoms with Gasteiger partial charge in [-0.25, -0.2) is 13.6 Å². The second-order valence-electron chi connectivity index (χ2n) is 4.85. The van der Waals surface area contributed by atoms with Crippen molar-refractivity contribution in [1.82, 2.24) is 4.90 Å². The SMILES string of the molecule is CCN1C(=O)CC(Nc2cccc(S(N)(=O)=O)c2C)C1=O. The highest BCUT2D eigenvalue weighted by Crippen LogP contribution is 2.25. The summed E-state index contributed by atoms with van der Waals surface area (Å²) in [5.74, 6) is -0.539. The number of sulfonamides is 1. The highest BCUT2D eigenvalue weighted by molar-refractivity contribution is 7.89. The quantitative estimate of drug-likeness (QED) is 0.772. The number of hydrogen-bond acceptors (Lipinski definition) is 5. The van der Waals surface area contributed by atoms with Crippen molar-refractivity contribution in [3.05, 3.63) is 23.8 Å². The molecule has 1 fully saturated rings. The zero-order valence-corrected chi connectivity index (χ0v) is 12.6. The van der Waals surface area contributed by atoms with Crippen LogP contribution in [0.2, 0.25) is 0 Å². The molecule has 1 aromatic rings. The molecule has 1 atom stereocenters. The maximum Gasteiger partial charge on any atom is 0.252 e. The number of hydrogen-bond donors (Lipinski definition) is 2. The second-order valence-corrected chi connectivity index (χ2v) is 6.38. The lowest BCUT2D eigenvalue weighted by molar-refractivity contribution is -0.138. The molecule has 2 amide bonds. The molecule has 21 heavy (non-hydrogen) atoms. The number of likely N-dealkylation sites (N-methyl/N-ethyl adjacent to an activating group) is 1. The highest BCUT2D eigenvalue weighted by Gasteiger charge is 2.37. The Labute approximate surface area is 123 Å². The number of rotatable bonds is 4. The van der Waals surface area contributed by atoms with Crippen molar-refractivity contribution >= 4 is 27.5 Å². The number of carbonyl (C=O) groups excluding carboxylic acids is 2. The summed E-state index contributed by atoms with van der Waals surface area (Å²) in [6.45, 7) is 3.65. The molecule has 2 rings (SSSR count). The standard InChI is InChI=1S/C13H17N3O4S/c1-3-16-12(17)7-10(13(16)18)15-9-5-4-6-11(8(9)2)21(14,19)20/h4-6,10,15H,3,7H2,1-2H3,(H2,14,19,20). The average Bonchev–Trinajstić information content (AvgIpc) is 2.65. The maximum atomic E-state index is 12.0. The van der Waals surface area contributed by atoms with Crippen LogP contribution < -0.4 is 10.5 Å². The van der Waals surface area contributed by atoms with Crippen LogP contribution >= 0.6 is 0 Å². The molecule has 0 radical (unpaired) electrons. The van der Waals surface area contributed by atoms with Gasteiger partial charge in [0.25, 0.3) is 5.91 Å². The molecular formula is C13H17N3O4S. The van der Waals surface area contributed by atoms with E-state index in [1.54, 1.807) is 19.9 Å². The second kappa shape index (κ2) is 5.45. The number of anilines is 1. The van der Waals surface area contributed by atoms with Gasteiger partial charge in [0.15, 0.2) is 0 Å². The zero-order valence-electron chi connectivity index (χ0n) is 11.8. The third-order valence-electron chi connectivity index (χ3n) is 3.48. The van der Waals surface area contributed by atoms with Gasteiger partial charge in [-0.2, -0.15) is 0 Å². The lowest BCUT2D eigenvalue weighted by Crippen LogP contribution is -2.34. The van der Waals surface area contributed by atoms with E-state index in [2.05, 4.69) is 5.32 Å². The van der Waals surface area contributed by atoms with Gasteiger partial charge >= 0.3 is 0 Å². The van der Waals surface area contributed by atoms with Crippen molar-refractivity contribution in [2.24, 2.45) is 5.14 Å². The summed E-state index contributed by atoms with van der Waals surface area (Å²) in [6, 6.07) is 3.91. The van der Waals surface area contributed by atoms with E-state index in [0.29, 0.717) is 17.8 Å². The van der Waals surface area contributed by atoms with E-state index >= 15 is 0 Å². The molecular weight excluding hydrogens is 294 g/mol. The highest BCUT2D eigenvalue weighted by atomic mass is 32.2. The van der Waals surface area contributed by atoms with Gasteiger partial charge in [0.2, 0.25) is 15.9 Å². The molecule has 3 N–H and O–H groups in total. The van der Waals surface area contributed by atoms with Crippen LogP contribution in [-0.4, -0.2) is 37.7 Å². The van der Waals surface area contributed by atoms with E-state index in [-0.39, 0.29) is 23.1 Å². The molecule has 0 aromatic heterocycles. The van der Waals surface area contributed by atoms with Gasteiger partial charge in [-0.3, -0.25) is 14.5 Å². The Balaban J connectivity index is 2.30. The van der Waals surface area contributed by atoms with E-state index < -0.39 is 16.1 Å². The molecule has 0 spiro atoms. The van der Waals surface area contributed by atoms with Crippen molar-refractivity contribution < 1.29 is 18.0 Å². The van der Waals surface area contributed by atoms with Gasteiger partial charge < -0.3 is 5.32 Å². The van der Waals surface area contributed by atoms with Crippen LogP contribution in [0.15, 0.2) is 23.1 Å². The molecule has 7 nitrogen and oxygen atoms in total. The van der Waals surface area contributed by atoms with Crippen LogP contribution in [-0.2, 0) is 19.6 Å². The summed E-state index contributed by atoms with van der Waals surface area (Å²) >= 11 is 0. The fourth-order valence-electron chi connectivity index (χ4n) is 2.39. The molecule has 1 unspecified atom stereocenters. The predicted octanol–water partition coefficient (Wildman–Crippen LogP) is 0.202. The van der Waals surface area contributed by atoms with E-state index in [4.69, 9.17) is 5.14 Å². The lowest BCUT2D eigenvalue weighted by atomic mass is 10.1. The average molecular weight is 311 g/mol. The van der Waals surface area contributed by atoms with Crippen molar-refractivity contribution in [3.8, 4) is 0 Å². The number of imide groups is 1. The first kappa shape index (κ1) is 15.5. The normalized spacial score (nSPS) is 19.2. The minimum Gasteiger partial charge on any atom is -0.373 e. The Hall–Kier alpha value is -1.93. The molecule has 1 aliphatic rings. The topological polar surface area (TPSA) is 110 Å². The molecule has 1 saturated heterocycles. The number of primary sulfonamides is 1. The molecule has 0 bridgehead atoms. The first-order chi connectivity index (χ1) is 9.75. The first-order valence-electron chi connectivity index (χ1n) is 6.49. The molecule has 0 saturated carbocycles. The minimum atomic E-state index is -3.83. The van der Waals surface area contributed by atoms with E-state index in [0.717, 1.165) is 0 Å². The monoisotopic (exact) mass is 311 g/mol. The van der Waals surface area contributed by atoms with E-state index in [9.17, 15) is 18.0 Å². The fraction of sp³-hybridized carbons (Fsp3) is 0.385. The van der Waals surface area contributed by atoms with Gasteiger partial charge in [0.1, 0.15) is 6.04 Å². The van der Waals surface area contributed by atoms with Crippen LogP contribution in [0.4, 0.5) is 5.69 Å². The molecule has 1 aromatic carbocycles. The summed E-state index contributed by atoms with van der Waals surface area (Å²) in [4.78, 5) is 24.9. The maximum absolute atomic E-state index is 12.0. The molecule has 1 aliphatic heterocycles. The largest absolute Gasteiger partial charge is 0.373 e. The van der Waals surface area contributed by atoms with Gasteiger partial charge in [0, 0.05) is 12.2 Å². The van der Waals surface area contributed by atoms with E-state index in [1.807, 2.05) is 0 Å². The first-order valence-corrected chi connectivity index (χ1v) is 8.03. The Morgan fingerprint density at radius 3 is 2.57 bits per heavy atom. The molecule has 0 aliphatic carbocycles. The van der Waals surface area contributed by atoms with Gasteiger partial charge in [-0.15, -0.1) is 0 Å². The van der Waals surface area contributed by atoms with Gasteiger partial charge in [-0.05, 0) is 31.5 Å². The van der Waals surface area contributed by atoms with Crippen molar-refractivity contribution in [2.45, 2.75) is 31.2 Å². The van der Waals surface area contributed by atoms with Crippen LogP contribution in [0.25, 0.3) is 0 Å². The number of amides is 2. The molecule has 8 heteroatoms. The summed E-state index contributed by atoms with van der Waals surface area (Å²) in [7, 11) is -3.83. The van der Waals surface area contributed by atoms with Crippen molar-refractivity contribution in [2.75, 3.05) is 11.9 Å². The Bertz CT molecular complexity index is 699. The van der Waals surface area contributed by atoms with Crippen LogP contribution in [0.5, 0.6) is 0 Å². The molecule has 114 valence electrons. The van der Waals surface area contributed by atoms with E-state index in [1.165, 1.54) is 17.0 Å². The third-order valence-corrected chi connectivity index (χ3v) is 4.54. The number of likely N-dealkylation sites (tertiary alicyclic amines) is 1. The van der Waals surface area contributed by atoms with Crippen molar-refractivity contribution in [1.29, 1.82) is 0 Å². The number of carbonyl (C=O) groups is 2. The number of nitrogens with two attached hydrogens (primary N) is 1. The number of nitrogens with one attached hydrogen (secondary N) is 1. The van der Waals surface area contributed by atoms with Crippen LogP contribution in [0.3, 0.4) is 0 Å². The molecule has 1 heterocycles. The Kier molecular flexibility index (Phi) is 4.02. The predicted molar refractivity (Wildman–Crippen MR) is 77.0 cm³/mol. The minimum absolute atomic E-state index is 0.00313. The fourth-order valence-corrected chi connectivity index (χ4v) is 3.20. The zero-order chi connectivity index (χ0) is 15.8. The Morgan fingerprint density at radius 1 is 1.38 bits per heavy atom. The number of nitrogens with zero attached hydrogens (tertiary/aromatic N) is 1. The van der Waals surface area contributed by atoms with Crippen LogP contribution in [0, 0.1) is 6.92 Å². The van der Waals surface area contributed by atoms with Crippen molar-refractivity contribution in [3.63, 3.8) is 0 Å². The lowest BCUT2D eigenvalue weighted by Gasteiger charge is -2.16. The summed E-state index contributed by atoms with van der Waals surface area (Å²) < 4.78 is 23.0. The smallest absolute Gasteiger partial charge is 0.252 e. The van der Waals surface area contributed by atoms with Gasteiger partial charge in [0.05, 0.1) is 11.3 Å².